The van der Waals surface area contributed by atoms with Crippen LogP contribution < -0.4 is 10.6 Å². The van der Waals surface area contributed by atoms with Crippen molar-refractivity contribution in [2.75, 3.05) is 19.6 Å². The quantitative estimate of drug-likeness (QED) is 0.787. The first-order valence-electron chi connectivity index (χ1n) is 8.30. The first-order valence-corrected chi connectivity index (χ1v) is 8.30. The Morgan fingerprint density at radius 3 is 2.52 bits per heavy atom. The van der Waals surface area contributed by atoms with E-state index in [1.54, 1.807) is 4.90 Å². The summed E-state index contributed by atoms with van der Waals surface area (Å²) in [5.74, 6) is -1.46. The molecule has 0 aromatic heterocycles. The zero-order chi connectivity index (χ0) is 18.6. The molecule has 1 aromatic carbocycles. The third-order valence-electron chi connectivity index (χ3n) is 4.10. The van der Waals surface area contributed by atoms with Crippen molar-refractivity contribution in [2.45, 2.75) is 32.7 Å². The Kier molecular flexibility index (Phi) is 5.77. The van der Waals surface area contributed by atoms with Gasteiger partial charge in [-0.3, -0.25) is 14.4 Å². The molecule has 0 bridgehead atoms. The molecule has 0 spiro atoms. The summed E-state index contributed by atoms with van der Waals surface area (Å²) in [5.41, 5.74) is -0.0704. The summed E-state index contributed by atoms with van der Waals surface area (Å²) in [7, 11) is 0. The van der Waals surface area contributed by atoms with Gasteiger partial charge in [0, 0.05) is 37.2 Å². The summed E-state index contributed by atoms with van der Waals surface area (Å²) in [6, 6.07) is 5.40. The Labute approximate surface area is 146 Å². The van der Waals surface area contributed by atoms with E-state index in [-0.39, 0.29) is 48.3 Å². The van der Waals surface area contributed by atoms with Gasteiger partial charge in [0.05, 0.1) is 5.92 Å². The van der Waals surface area contributed by atoms with Gasteiger partial charge in [0.25, 0.3) is 5.91 Å². The first-order chi connectivity index (χ1) is 11.7. The molecular weight excluding hydrogens is 325 g/mol. The highest BCUT2D eigenvalue weighted by atomic mass is 19.1. The van der Waals surface area contributed by atoms with E-state index < -0.39 is 11.7 Å². The molecule has 1 heterocycles. The number of carbonyl (C=O) groups is 3. The fourth-order valence-corrected chi connectivity index (χ4v) is 2.77. The second-order valence-electron chi connectivity index (χ2n) is 7.13. The largest absolute Gasteiger partial charge is 0.354 e. The number of benzene rings is 1. The Bertz CT molecular complexity index is 670. The molecule has 1 atom stereocenters. The van der Waals surface area contributed by atoms with E-state index in [1.165, 1.54) is 18.2 Å². The Morgan fingerprint density at radius 2 is 1.92 bits per heavy atom. The molecule has 2 rings (SSSR count). The van der Waals surface area contributed by atoms with Gasteiger partial charge >= 0.3 is 0 Å². The maximum Gasteiger partial charge on any atom is 0.251 e. The topological polar surface area (TPSA) is 78.5 Å². The van der Waals surface area contributed by atoms with Gasteiger partial charge < -0.3 is 15.5 Å². The molecule has 7 heteroatoms. The van der Waals surface area contributed by atoms with Crippen LogP contribution in [0.25, 0.3) is 0 Å². The lowest BCUT2D eigenvalue weighted by Crippen LogP contribution is -2.43. The summed E-state index contributed by atoms with van der Waals surface area (Å²) >= 11 is 0. The summed E-state index contributed by atoms with van der Waals surface area (Å²) in [5, 5.41) is 5.34. The number of nitrogens with one attached hydrogen (secondary N) is 2. The van der Waals surface area contributed by atoms with E-state index >= 15 is 0 Å². The van der Waals surface area contributed by atoms with Gasteiger partial charge in [-0.05, 0) is 39.0 Å². The fourth-order valence-electron chi connectivity index (χ4n) is 2.77. The van der Waals surface area contributed by atoms with Gasteiger partial charge in [0.1, 0.15) is 5.82 Å². The number of nitrogens with zero attached hydrogens (tertiary/aromatic N) is 1. The molecule has 1 aliphatic rings. The van der Waals surface area contributed by atoms with Crippen molar-refractivity contribution in [2.24, 2.45) is 5.92 Å². The number of hydrogen-bond donors (Lipinski definition) is 2. The van der Waals surface area contributed by atoms with Crippen LogP contribution in [0.4, 0.5) is 4.39 Å². The van der Waals surface area contributed by atoms with Gasteiger partial charge in [-0.25, -0.2) is 4.39 Å². The lowest BCUT2D eigenvalue weighted by Gasteiger charge is -2.31. The molecule has 0 aliphatic carbocycles. The number of amides is 3. The number of rotatable bonds is 5. The highest BCUT2D eigenvalue weighted by Gasteiger charge is 2.39. The SMILES string of the molecule is CC(C)(C)N1CC(C(=O)NCCNC(=O)c2cccc(F)c2)CC1=O. The van der Waals surface area contributed by atoms with Crippen molar-refractivity contribution in [3.8, 4) is 0 Å². The standard InChI is InChI=1S/C18H24FN3O3/c1-18(2,3)22-11-13(10-15(22)23)17(25)21-8-7-20-16(24)12-5-4-6-14(19)9-12/h4-6,9,13H,7-8,10-11H2,1-3H3,(H,20,24)(H,21,25). The highest BCUT2D eigenvalue weighted by Crippen LogP contribution is 2.25. The Balaban J connectivity index is 1.74. The summed E-state index contributed by atoms with van der Waals surface area (Å²) in [6.07, 6.45) is 0.207. The third kappa shape index (κ3) is 5.01. The minimum atomic E-state index is -0.477. The van der Waals surface area contributed by atoms with E-state index in [4.69, 9.17) is 0 Å². The predicted octanol–water partition coefficient (Wildman–Crippen LogP) is 1.32. The fraction of sp³-hybridized carbons (Fsp3) is 0.500. The van der Waals surface area contributed by atoms with E-state index in [0.29, 0.717) is 6.54 Å². The van der Waals surface area contributed by atoms with Crippen LogP contribution in [0.1, 0.15) is 37.6 Å². The van der Waals surface area contributed by atoms with Gasteiger partial charge in [0.15, 0.2) is 0 Å². The van der Waals surface area contributed by atoms with Crippen LogP contribution in [-0.2, 0) is 9.59 Å². The molecule has 1 fully saturated rings. The minimum Gasteiger partial charge on any atom is -0.354 e. The predicted molar refractivity (Wildman–Crippen MR) is 91.3 cm³/mol. The molecule has 1 saturated heterocycles. The van der Waals surface area contributed by atoms with Gasteiger partial charge in [-0.1, -0.05) is 6.07 Å². The Morgan fingerprint density at radius 1 is 1.24 bits per heavy atom. The van der Waals surface area contributed by atoms with Crippen molar-refractivity contribution in [3.63, 3.8) is 0 Å². The van der Waals surface area contributed by atoms with Crippen LogP contribution in [0.5, 0.6) is 0 Å². The van der Waals surface area contributed by atoms with Crippen LogP contribution in [0, 0.1) is 11.7 Å². The van der Waals surface area contributed by atoms with Crippen LogP contribution in [-0.4, -0.2) is 47.8 Å². The average molecular weight is 349 g/mol. The zero-order valence-electron chi connectivity index (χ0n) is 14.8. The van der Waals surface area contributed by atoms with Gasteiger partial charge in [-0.15, -0.1) is 0 Å². The first kappa shape index (κ1) is 18.9. The van der Waals surface area contributed by atoms with E-state index in [2.05, 4.69) is 10.6 Å². The molecule has 2 N–H and O–H groups in total. The Hall–Kier alpha value is -2.44. The van der Waals surface area contributed by atoms with Crippen LogP contribution >= 0.6 is 0 Å². The summed E-state index contributed by atoms with van der Waals surface area (Å²) < 4.78 is 13.1. The number of carbonyl (C=O) groups excluding carboxylic acids is 3. The number of hydrogen-bond acceptors (Lipinski definition) is 3. The second kappa shape index (κ2) is 7.63. The molecule has 3 amide bonds. The number of likely N-dealkylation sites (tertiary alicyclic amines) is 1. The maximum absolute atomic E-state index is 13.1. The molecule has 1 aromatic rings. The van der Waals surface area contributed by atoms with Crippen molar-refractivity contribution < 1.29 is 18.8 Å². The molecule has 1 unspecified atom stereocenters. The lowest BCUT2D eigenvalue weighted by molar-refractivity contribution is -0.132. The van der Waals surface area contributed by atoms with E-state index in [9.17, 15) is 18.8 Å². The monoisotopic (exact) mass is 349 g/mol. The molecule has 25 heavy (non-hydrogen) atoms. The van der Waals surface area contributed by atoms with Crippen molar-refractivity contribution in [1.29, 1.82) is 0 Å². The highest BCUT2D eigenvalue weighted by molar-refractivity contribution is 5.94. The van der Waals surface area contributed by atoms with E-state index in [1.807, 2.05) is 20.8 Å². The normalized spacial score (nSPS) is 17.5. The molecular formula is C18H24FN3O3. The molecule has 1 aliphatic heterocycles. The summed E-state index contributed by atoms with van der Waals surface area (Å²) in [4.78, 5) is 37.7. The smallest absolute Gasteiger partial charge is 0.251 e. The molecule has 6 nitrogen and oxygen atoms in total. The number of halogens is 1. The van der Waals surface area contributed by atoms with Crippen molar-refractivity contribution >= 4 is 17.7 Å². The van der Waals surface area contributed by atoms with Gasteiger partial charge in [-0.2, -0.15) is 0 Å². The second-order valence-corrected chi connectivity index (χ2v) is 7.13. The molecule has 0 radical (unpaired) electrons. The maximum atomic E-state index is 13.1. The lowest BCUT2D eigenvalue weighted by atomic mass is 10.1. The third-order valence-corrected chi connectivity index (χ3v) is 4.10. The van der Waals surface area contributed by atoms with Crippen LogP contribution in [0.2, 0.25) is 0 Å². The van der Waals surface area contributed by atoms with Crippen LogP contribution in [0.15, 0.2) is 24.3 Å². The van der Waals surface area contributed by atoms with Crippen molar-refractivity contribution in [3.05, 3.63) is 35.6 Å². The zero-order valence-corrected chi connectivity index (χ0v) is 14.8. The average Bonchev–Trinajstić information content (AvgIpc) is 2.93. The minimum absolute atomic E-state index is 0.0212. The van der Waals surface area contributed by atoms with Crippen LogP contribution in [0.3, 0.4) is 0 Å². The molecule has 0 saturated carbocycles. The summed E-state index contributed by atoms with van der Waals surface area (Å²) in [6.45, 7) is 6.70. The molecule has 136 valence electrons. The van der Waals surface area contributed by atoms with Gasteiger partial charge in [0.2, 0.25) is 11.8 Å². The van der Waals surface area contributed by atoms with E-state index in [0.717, 1.165) is 6.07 Å². The van der Waals surface area contributed by atoms with Crippen molar-refractivity contribution in [1.82, 2.24) is 15.5 Å².